The Morgan fingerprint density at radius 2 is 0.586 bits per heavy atom. The summed E-state index contributed by atoms with van der Waals surface area (Å²) in [6.45, 7) is 5.80. The highest BCUT2D eigenvalue weighted by atomic mass is 16.5. The van der Waals surface area contributed by atoms with E-state index in [0.29, 0.717) is 79.3 Å². The lowest BCUT2D eigenvalue weighted by molar-refractivity contribution is -0.151. The quantitative estimate of drug-likeness (QED) is 0.0345. The number of carbonyl (C=O) groups excluding carboxylic acids is 7. The molecule has 11 rings (SSSR count). The van der Waals surface area contributed by atoms with Crippen molar-refractivity contribution in [2.45, 2.75) is 64.8 Å². The summed E-state index contributed by atoms with van der Waals surface area (Å²) in [5.41, 5.74) is 14.0. The van der Waals surface area contributed by atoms with E-state index in [1.54, 1.807) is 82.0 Å². The average Bonchev–Trinajstić information content (AvgIpc) is 0.932. The second kappa shape index (κ2) is 39.1. The van der Waals surface area contributed by atoms with Crippen molar-refractivity contribution < 1.29 is 43.0 Å². The normalized spacial score (nSPS) is 12.4. The van der Waals surface area contributed by atoms with Gasteiger partial charge in [0.25, 0.3) is 0 Å². The van der Waals surface area contributed by atoms with Gasteiger partial charge in [0.2, 0.25) is 41.4 Å². The molecule has 0 saturated heterocycles. The Bertz CT molecular complexity index is 4740. The van der Waals surface area contributed by atoms with E-state index >= 15 is 19.2 Å². The van der Waals surface area contributed by atoms with E-state index in [1.165, 1.54) is 29.4 Å². The summed E-state index contributed by atoms with van der Waals surface area (Å²) >= 11 is 0. The summed E-state index contributed by atoms with van der Waals surface area (Å²) in [4.78, 5) is 142. The maximum Gasteiger partial charge on any atom is 0.243 e. The number of primary amides is 1. The third-order valence-electron chi connectivity index (χ3n) is 19.3. The molecule has 0 aliphatic rings. The Morgan fingerprint density at radius 1 is 0.324 bits per heavy atom. The van der Waals surface area contributed by atoms with Crippen molar-refractivity contribution in [1.82, 2.24) is 64.6 Å². The van der Waals surface area contributed by atoms with Gasteiger partial charge < -0.3 is 49.9 Å². The molecule has 0 aliphatic heterocycles. The lowest BCUT2D eigenvalue weighted by atomic mass is 10.0. The first-order valence-corrected chi connectivity index (χ1v) is 36.9. The maximum absolute atomic E-state index is 15.9. The van der Waals surface area contributed by atoms with E-state index in [9.17, 15) is 14.4 Å². The lowest BCUT2D eigenvalue weighted by Crippen LogP contribution is -2.53. The van der Waals surface area contributed by atoms with E-state index in [0.717, 1.165) is 5.56 Å². The number of rotatable bonds is 36. The molecule has 566 valence electrons. The highest BCUT2D eigenvalue weighted by Gasteiger charge is 2.37. The van der Waals surface area contributed by atoms with Gasteiger partial charge in [0.05, 0.1) is 95.4 Å². The first-order chi connectivity index (χ1) is 54.0. The molecule has 0 bridgehead atoms. The predicted molar refractivity (Wildman–Crippen MR) is 424 cm³/mol. The second-order valence-electron chi connectivity index (χ2n) is 26.7. The molecule has 5 atom stereocenters. The molecule has 0 aliphatic carbocycles. The van der Waals surface area contributed by atoms with Crippen molar-refractivity contribution >= 4 is 41.4 Å². The third kappa shape index (κ3) is 21.6. The minimum absolute atomic E-state index is 0.111. The maximum atomic E-state index is 15.9. The fourth-order valence-corrected chi connectivity index (χ4v) is 13.0. The van der Waals surface area contributed by atoms with E-state index in [-0.39, 0.29) is 32.8 Å². The first-order valence-electron chi connectivity index (χ1n) is 36.9. The largest absolute Gasteiger partial charge is 0.492 e. The summed E-state index contributed by atoms with van der Waals surface area (Å²) in [5.74, 6) is -3.32. The number of nitrogens with one attached hydrogen (secondary N) is 1. The molecule has 6 heterocycles. The van der Waals surface area contributed by atoms with Crippen LogP contribution in [-0.2, 0) is 33.6 Å². The molecular weight excluding hydrogens is 1400 g/mol. The van der Waals surface area contributed by atoms with Gasteiger partial charge in [-0.05, 0) is 111 Å². The topological polar surface area (TPSA) is 273 Å². The fourth-order valence-electron chi connectivity index (χ4n) is 13.0. The minimum Gasteiger partial charge on any atom is -0.492 e. The van der Waals surface area contributed by atoms with Crippen molar-refractivity contribution in [3.8, 4) is 57.1 Å². The Labute approximate surface area is 646 Å². The van der Waals surface area contributed by atoms with E-state index in [4.69, 9.17) is 25.2 Å². The number of hydrogen-bond donors (Lipinski definition) is 2. The van der Waals surface area contributed by atoms with Crippen LogP contribution in [0.5, 0.6) is 11.5 Å². The van der Waals surface area contributed by atoms with Crippen molar-refractivity contribution in [3.05, 3.63) is 301 Å². The lowest BCUT2D eigenvalue weighted by Gasteiger charge is -2.38. The summed E-state index contributed by atoms with van der Waals surface area (Å²) in [7, 11) is 0. The monoisotopic (exact) mass is 1490 g/mol. The Hall–Kier alpha value is -13.2. The van der Waals surface area contributed by atoms with Gasteiger partial charge in [0.15, 0.2) is 0 Å². The molecular formula is C88H90N14O9. The molecule has 111 heavy (non-hydrogen) atoms. The summed E-state index contributed by atoms with van der Waals surface area (Å²) in [6.07, 6.45) is 6.70. The smallest absolute Gasteiger partial charge is 0.243 e. The van der Waals surface area contributed by atoms with Crippen LogP contribution in [0.15, 0.2) is 274 Å². The average molecular weight is 1490 g/mol. The molecule has 0 radical (unpaired) electrons. The molecule has 23 nitrogen and oxygen atoms in total. The minimum atomic E-state index is -0.803. The SMILES string of the molecule is C[C@@H](c1ccccc1)N(CC(=O)N(CCOc1cc(-c2ccccn2)nc(-c2ccccn2)c1)CC(N)=O)C(=O)CN(C(=O)CN(C(=O)CN(C(=O)CN(C(=O)CNCCOc1cc(-c2ccccn2)nc(-c2ccccn2)c1)[C@@H](C)c1ccccc1)[C@@H](C)c1ccccc1)[C@@H](C)c1ccccc1)[C@@H](C)c1ccccc1. The van der Waals surface area contributed by atoms with Gasteiger partial charge in [-0.3, -0.25) is 53.5 Å². The zero-order valence-corrected chi connectivity index (χ0v) is 62.8. The highest BCUT2D eigenvalue weighted by Crippen LogP contribution is 2.32. The van der Waals surface area contributed by atoms with Crippen molar-refractivity contribution in [3.63, 3.8) is 0 Å². The first kappa shape index (κ1) is 78.9. The number of pyridine rings is 6. The highest BCUT2D eigenvalue weighted by molar-refractivity contribution is 5.94. The van der Waals surface area contributed by atoms with Gasteiger partial charge in [-0.15, -0.1) is 0 Å². The molecule has 23 heteroatoms. The van der Waals surface area contributed by atoms with Crippen LogP contribution in [0.3, 0.4) is 0 Å². The molecule has 0 spiro atoms. The predicted octanol–water partition coefficient (Wildman–Crippen LogP) is 12.0. The number of nitrogens with two attached hydrogens (primary N) is 1. The van der Waals surface area contributed by atoms with Crippen LogP contribution < -0.4 is 20.5 Å². The zero-order valence-electron chi connectivity index (χ0n) is 62.8. The van der Waals surface area contributed by atoms with Gasteiger partial charge in [-0.1, -0.05) is 176 Å². The zero-order chi connectivity index (χ0) is 78.0. The summed E-state index contributed by atoms with van der Waals surface area (Å²) < 4.78 is 12.6. The second-order valence-corrected chi connectivity index (χ2v) is 26.7. The van der Waals surface area contributed by atoms with Crippen LogP contribution in [0.25, 0.3) is 45.6 Å². The fraction of sp³-hybridized carbons (Fsp3) is 0.239. The Kier molecular flexibility index (Phi) is 27.8. The van der Waals surface area contributed by atoms with Crippen LogP contribution in [0, 0.1) is 0 Å². The number of hydrogen-bond acceptors (Lipinski definition) is 16. The number of aromatic nitrogens is 6. The summed E-state index contributed by atoms with van der Waals surface area (Å²) in [6, 6.07) is 71.4. The molecule has 6 aromatic heterocycles. The van der Waals surface area contributed by atoms with E-state index < -0.39 is 111 Å². The van der Waals surface area contributed by atoms with E-state index in [2.05, 4.69) is 25.3 Å². The van der Waals surface area contributed by atoms with Gasteiger partial charge in [0, 0.05) is 55.6 Å². The van der Waals surface area contributed by atoms with Crippen LogP contribution in [0.2, 0.25) is 0 Å². The molecule has 0 fully saturated rings. The molecule has 11 aromatic rings. The van der Waals surface area contributed by atoms with Gasteiger partial charge in [0.1, 0.15) is 57.4 Å². The Morgan fingerprint density at radius 3 is 0.856 bits per heavy atom. The number of amides is 7. The van der Waals surface area contributed by atoms with Crippen molar-refractivity contribution in [2.75, 3.05) is 72.1 Å². The van der Waals surface area contributed by atoms with E-state index in [1.807, 2.05) is 226 Å². The molecule has 3 N–H and O–H groups in total. The number of ether oxygens (including phenoxy) is 2. The standard InChI is InChI=1S/C88H90N14O9/c1-62(67-29-11-6-12-30-67)98(83(104)55-90-47-49-110-72-51-78(74-39-21-25-43-91-74)95-79(52-72)75-40-22-26-44-92-75)58-85(106)100(64(3)69-33-15-8-16-34-69)60-87(108)102(66(5)71-37-19-10-20-38-71)61-88(109)101(65(4)70-35-17-9-18-36-70)59-86(107)99(63(2)68-31-13-7-14-32-68)57-84(105)97(56-82(89)103)48-50-111-73-53-80(76-41-23-27-45-93-76)96-81(54-73)77-42-24-28-46-94-77/h6-46,51-54,62-66,90H,47-50,55-61H2,1-5H3,(H2,89,103)/t62-,63-,64-,65-,66-/m0/s1. The number of nitrogens with zero attached hydrogens (tertiary/aromatic N) is 12. The molecule has 0 unspecified atom stereocenters. The van der Waals surface area contributed by atoms with Gasteiger partial charge >= 0.3 is 0 Å². The van der Waals surface area contributed by atoms with Crippen molar-refractivity contribution in [1.29, 1.82) is 0 Å². The van der Waals surface area contributed by atoms with Crippen LogP contribution in [0.1, 0.15) is 92.6 Å². The van der Waals surface area contributed by atoms with Crippen molar-refractivity contribution in [2.24, 2.45) is 5.73 Å². The number of carbonyl (C=O) groups is 7. The summed E-state index contributed by atoms with van der Waals surface area (Å²) in [5, 5.41) is 3.23. The molecule has 7 amide bonds. The molecule has 0 saturated carbocycles. The van der Waals surface area contributed by atoms with Crippen LogP contribution >= 0.6 is 0 Å². The third-order valence-corrected chi connectivity index (χ3v) is 19.3. The van der Waals surface area contributed by atoms with Gasteiger partial charge in [-0.25, -0.2) is 9.97 Å². The van der Waals surface area contributed by atoms with Crippen LogP contribution in [-0.4, -0.2) is 173 Å². The number of benzene rings is 5. The molecule has 5 aromatic carbocycles. The van der Waals surface area contributed by atoms with Gasteiger partial charge in [-0.2, -0.15) is 0 Å². The Balaban J connectivity index is 0.845. The van der Waals surface area contributed by atoms with Crippen LogP contribution in [0.4, 0.5) is 0 Å².